The van der Waals surface area contributed by atoms with Gasteiger partial charge < -0.3 is 15.4 Å². The van der Waals surface area contributed by atoms with Crippen molar-refractivity contribution >= 4 is 17.4 Å². The lowest BCUT2D eigenvalue weighted by molar-refractivity contribution is -0.991. The standard InChI is InChI=1S/C17H17N5O3S/c1-2-25-14-9-5-11(6-10-14)15-18-19-17-21(15)20-16(26-17)12-3-7-13(8-4-12)22(23)24/h3-10,16,20,22-23H,2H2,1H3. The third kappa shape index (κ3) is 3.13. The number of benzene rings is 2. The molecule has 0 radical (unpaired) electrons. The lowest BCUT2D eigenvalue weighted by atomic mass is 10.2. The summed E-state index contributed by atoms with van der Waals surface area (Å²) in [5.74, 6) is 1.54. The number of aromatic nitrogens is 3. The highest BCUT2D eigenvalue weighted by Gasteiger charge is 2.28. The van der Waals surface area contributed by atoms with Crippen molar-refractivity contribution in [2.45, 2.75) is 17.5 Å². The first-order valence-corrected chi connectivity index (χ1v) is 8.99. The molecule has 134 valence electrons. The molecule has 2 unspecified atom stereocenters. The topological polar surface area (TPSA) is 99.7 Å². The highest BCUT2D eigenvalue weighted by molar-refractivity contribution is 7.99. The average molecular weight is 371 g/mol. The Kier molecular flexibility index (Phi) is 4.51. The Morgan fingerprint density at radius 3 is 2.58 bits per heavy atom. The van der Waals surface area contributed by atoms with E-state index in [0.717, 1.165) is 27.9 Å². The molecule has 1 aliphatic rings. The van der Waals surface area contributed by atoms with Gasteiger partial charge in [-0.15, -0.1) is 10.2 Å². The number of nitrogens with one attached hydrogen (secondary N) is 2. The van der Waals surface area contributed by atoms with Crippen molar-refractivity contribution in [1.29, 1.82) is 0 Å². The summed E-state index contributed by atoms with van der Waals surface area (Å²) < 4.78 is 7.33. The Bertz CT molecular complexity index is 896. The van der Waals surface area contributed by atoms with E-state index in [-0.39, 0.29) is 11.1 Å². The Morgan fingerprint density at radius 1 is 1.19 bits per heavy atom. The van der Waals surface area contributed by atoms with Crippen LogP contribution in [0.4, 0.5) is 5.69 Å². The molecule has 8 nitrogen and oxygen atoms in total. The molecule has 0 aliphatic carbocycles. The maximum atomic E-state index is 11.0. The van der Waals surface area contributed by atoms with Crippen LogP contribution in [-0.4, -0.2) is 26.7 Å². The number of nitrogens with zero attached hydrogens (tertiary/aromatic N) is 3. The molecule has 2 heterocycles. The predicted molar refractivity (Wildman–Crippen MR) is 96.8 cm³/mol. The van der Waals surface area contributed by atoms with Crippen LogP contribution in [0.15, 0.2) is 53.7 Å². The van der Waals surface area contributed by atoms with Gasteiger partial charge in [0.15, 0.2) is 11.5 Å². The summed E-state index contributed by atoms with van der Waals surface area (Å²) in [4.78, 5) is 0. The molecule has 0 bridgehead atoms. The smallest absolute Gasteiger partial charge is 0.212 e. The van der Waals surface area contributed by atoms with Crippen molar-refractivity contribution in [3.63, 3.8) is 0 Å². The Labute approximate surface area is 153 Å². The molecule has 2 aromatic carbocycles. The molecular weight excluding hydrogens is 354 g/mol. The normalized spacial score (nSPS) is 16.8. The van der Waals surface area contributed by atoms with E-state index >= 15 is 0 Å². The van der Waals surface area contributed by atoms with Crippen molar-refractivity contribution in [2.75, 3.05) is 12.0 Å². The van der Waals surface area contributed by atoms with Crippen molar-refractivity contribution in [2.24, 2.45) is 0 Å². The highest BCUT2D eigenvalue weighted by atomic mass is 32.2. The fraction of sp³-hybridized carbons (Fsp3) is 0.176. The molecule has 3 aromatic rings. The molecule has 1 aromatic heterocycles. The van der Waals surface area contributed by atoms with Crippen LogP contribution in [0.1, 0.15) is 17.9 Å². The molecule has 0 saturated carbocycles. The van der Waals surface area contributed by atoms with Gasteiger partial charge in [-0.3, -0.25) is 0 Å². The van der Waals surface area contributed by atoms with Crippen molar-refractivity contribution in [1.82, 2.24) is 14.9 Å². The predicted octanol–water partition coefficient (Wildman–Crippen LogP) is 2.10. The fourth-order valence-corrected chi connectivity index (χ4v) is 3.70. The van der Waals surface area contributed by atoms with Gasteiger partial charge in [-0.05, 0) is 48.9 Å². The second kappa shape index (κ2) is 6.96. The summed E-state index contributed by atoms with van der Waals surface area (Å²) in [6.45, 7) is 2.57. The van der Waals surface area contributed by atoms with E-state index in [9.17, 15) is 5.21 Å². The summed E-state index contributed by atoms with van der Waals surface area (Å²) in [7, 11) is 0. The number of quaternary nitrogens is 1. The number of hydrogen-bond acceptors (Lipinski definition) is 7. The number of thioether (sulfide) groups is 1. The summed E-state index contributed by atoms with van der Waals surface area (Å²) in [5.41, 5.74) is 5.54. The minimum absolute atomic E-state index is 0.0511. The van der Waals surface area contributed by atoms with Crippen LogP contribution in [0.2, 0.25) is 0 Å². The number of ether oxygens (including phenoxy) is 1. The molecule has 3 N–H and O–H groups in total. The first-order valence-electron chi connectivity index (χ1n) is 8.11. The lowest BCUT2D eigenvalue weighted by Gasteiger charge is -2.14. The molecule has 0 amide bonds. The van der Waals surface area contributed by atoms with Crippen molar-refractivity contribution in [3.8, 4) is 17.1 Å². The zero-order valence-corrected chi connectivity index (χ0v) is 14.7. The van der Waals surface area contributed by atoms with Gasteiger partial charge in [-0.25, -0.2) is 9.88 Å². The largest absolute Gasteiger partial charge is 0.595 e. The van der Waals surface area contributed by atoms with Crippen LogP contribution in [0.3, 0.4) is 0 Å². The van der Waals surface area contributed by atoms with Gasteiger partial charge in [0.05, 0.1) is 6.61 Å². The molecule has 1 aliphatic heterocycles. The lowest BCUT2D eigenvalue weighted by Crippen LogP contribution is -2.99. The molecule has 26 heavy (non-hydrogen) atoms. The van der Waals surface area contributed by atoms with Gasteiger partial charge in [0.2, 0.25) is 5.16 Å². The van der Waals surface area contributed by atoms with Crippen molar-refractivity contribution in [3.05, 3.63) is 59.3 Å². The Morgan fingerprint density at radius 2 is 1.92 bits per heavy atom. The minimum Gasteiger partial charge on any atom is -0.595 e. The van der Waals surface area contributed by atoms with Gasteiger partial charge in [0, 0.05) is 17.7 Å². The maximum Gasteiger partial charge on any atom is 0.212 e. The molecule has 0 fully saturated rings. The second-order valence-corrected chi connectivity index (χ2v) is 6.73. The van der Waals surface area contributed by atoms with Crippen LogP contribution in [-0.2, 0) is 0 Å². The van der Waals surface area contributed by atoms with Crippen LogP contribution >= 0.6 is 11.8 Å². The third-order valence-electron chi connectivity index (χ3n) is 3.99. The Balaban J connectivity index is 1.55. The van der Waals surface area contributed by atoms with E-state index in [2.05, 4.69) is 15.6 Å². The van der Waals surface area contributed by atoms with E-state index in [1.54, 1.807) is 12.1 Å². The van der Waals surface area contributed by atoms with Crippen LogP contribution in [0, 0.1) is 5.21 Å². The highest BCUT2D eigenvalue weighted by Crippen LogP contribution is 2.40. The number of hydrogen-bond donors (Lipinski definition) is 3. The van der Waals surface area contributed by atoms with Gasteiger partial charge in [-0.1, -0.05) is 11.8 Å². The molecule has 9 heteroatoms. The summed E-state index contributed by atoms with van der Waals surface area (Å²) >= 11 is 1.54. The van der Waals surface area contributed by atoms with Crippen molar-refractivity contribution < 1.29 is 15.2 Å². The van der Waals surface area contributed by atoms with E-state index in [1.165, 1.54) is 11.8 Å². The van der Waals surface area contributed by atoms with E-state index in [0.29, 0.717) is 6.61 Å². The molecule has 4 rings (SSSR count). The molecule has 0 saturated heterocycles. The second-order valence-electron chi connectivity index (χ2n) is 5.65. The monoisotopic (exact) mass is 371 g/mol. The summed E-state index contributed by atoms with van der Waals surface area (Å²) in [6, 6.07) is 14.5. The zero-order chi connectivity index (χ0) is 18.1. The zero-order valence-electron chi connectivity index (χ0n) is 13.9. The first-order chi connectivity index (χ1) is 12.7. The molecule has 0 spiro atoms. The number of rotatable bonds is 5. The third-order valence-corrected chi connectivity index (χ3v) is 5.08. The summed E-state index contributed by atoms with van der Waals surface area (Å²) in [5, 5.41) is 28.3. The van der Waals surface area contributed by atoms with E-state index in [1.807, 2.05) is 48.0 Å². The fourth-order valence-electron chi connectivity index (χ4n) is 2.71. The summed E-state index contributed by atoms with van der Waals surface area (Å²) in [6.07, 6.45) is 0. The molecule has 2 atom stereocenters. The van der Waals surface area contributed by atoms with E-state index < -0.39 is 5.23 Å². The van der Waals surface area contributed by atoms with Crippen LogP contribution in [0.5, 0.6) is 5.75 Å². The number of fused-ring (bicyclic) bond motifs is 1. The Hall–Kier alpha value is -2.59. The minimum atomic E-state index is -0.932. The van der Waals surface area contributed by atoms with Gasteiger partial charge in [0.25, 0.3) is 0 Å². The maximum absolute atomic E-state index is 11.0. The first kappa shape index (κ1) is 16.9. The van der Waals surface area contributed by atoms with Crippen LogP contribution in [0.25, 0.3) is 11.4 Å². The SMILES string of the molecule is CCOc1ccc(-c2nnc3n2NC(c2ccc([NH+]([O-])O)cc2)S3)cc1. The van der Waals surface area contributed by atoms with Gasteiger partial charge in [-0.2, -0.15) is 5.23 Å². The quantitative estimate of drug-likeness (QED) is 0.591. The van der Waals surface area contributed by atoms with Gasteiger partial charge in [0.1, 0.15) is 11.1 Å². The van der Waals surface area contributed by atoms with Gasteiger partial charge >= 0.3 is 0 Å². The molecular formula is C17H17N5O3S. The van der Waals surface area contributed by atoms with Crippen LogP contribution < -0.4 is 15.4 Å². The van der Waals surface area contributed by atoms with E-state index in [4.69, 9.17) is 9.94 Å². The average Bonchev–Trinajstić information content (AvgIpc) is 3.23.